The topological polar surface area (TPSA) is 32.3 Å². The maximum atomic E-state index is 11.2. The highest BCUT2D eigenvalue weighted by Crippen LogP contribution is 2.27. The fourth-order valence-corrected chi connectivity index (χ4v) is 2.18. The molecule has 0 radical (unpaired) electrons. The molecular formula is C8H15ClN2O. The number of hydrogen-bond donors (Lipinski definition) is 1. The van der Waals surface area contributed by atoms with E-state index in [4.69, 9.17) is 0 Å². The van der Waals surface area contributed by atoms with E-state index in [1.165, 1.54) is 0 Å². The lowest BCUT2D eigenvalue weighted by atomic mass is 9.94. The molecule has 2 aliphatic heterocycles. The van der Waals surface area contributed by atoms with Crippen molar-refractivity contribution in [1.29, 1.82) is 0 Å². The SMILES string of the molecule is CN1C(=O)C[C@@H]2CNCC[C@@H]21.Cl. The Morgan fingerprint density at radius 1 is 1.58 bits per heavy atom. The average molecular weight is 191 g/mol. The Balaban J connectivity index is 0.000000720. The summed E-state index contributed by atoms with van der Waals surface area (Å²) >= 11 is 0. The van der Waals surface area contributed by atoms with Gasteiger partial charge in [0, 0.05) is 32.0 Å². The summed E-state index contributed by atoms with van der Waals surface area (Å²) < 4.78 is 0. The maximum Gasteiger partial charge on any atom is 0.222 e. The molecule has 2 atom stereocenters. The summed E-state index contributed by atoms with van der Waals surface area (Å²) in [7, 11) is 1.93. The third kappa shape index (κ3) is 1.43. The van der Waals surface area contributed by atoms with Gasteiger partial charge in [0.2, 0.25) is 5.91 Å². The molecule has 2 heterocycles. The van der Waals surface area contributed by atoms with Crippen LogP contribution in [-0.4, -0.2) is 37.0 Å². The van der Waals surface area contributed by atoms with Gasteiger partial charge in [0.05, 0.1) is 0 Å². The van der Waals surface area contributed by atoms with E-state index in [-0.39, 0.29) is 12.4 Å². The van der Waals surface area contributed by atoms with Crippen molar-refractivity contribution in [2.45, 2.75) is 18.9 Å². The van der Waals surface area contributed by atoms with E-state index in [1.54, 1.807) is 0 Å². The molecule has 4 heteroatoms. The van der Waals surface area contributed by atoms with Gasteiger partial charge < -0.3 is 10.2 Å². The zero-order chi connectivity index (χ0) is 7.84. The molecule has 0 spiro atoms. The minimum atomic E-state index is 0. The first kappa shape index (κ1) is 9.81. The lowest BCUT2D eigenvalue weighted by Gasteiger charge is -2.29. The van der Waals surface area contributed by atoms with Crippen LogP contribution in [0.2, 0.25) is 0 Å². The first-order valence-electron chi connectivity index (χ1n) is 4.25. The van der Waals surface area contributed by atoms with Crippen LogP contribution in [0.4, 0.5) is 0 Å². The molecule has 0 aromatic rings. The molecule has 0 saturated carbocycles. The van der Waals surface area contributed by atoms with Gasteiger partial charge in [-0.2, -0.15) is 0 Å². The molecular weight excluding hydrogens is 176 g/mol. The second kappa shape index (κ2) is 3.62. The molecule has 0 unspecified atom stereocenters. The average Bonchev–Trinajstić information content (AvgIpc) is 2.30. The van der Waals surface area contributed by atoms with Crippen molar-refractivity contribution >= 4 is 18.3 Å². The monoisotopic (exact) mass is 190 g/mol. The van der Waals surface area contributed by atoms with Gasteiger partial charge in [-0.15, -0.1) is 12.4 Å². The molecule has 1 N–H and O–H groups in total. The van der Waals surface area contributed by atoms with Crippen LogP contribution in [0.15, 0.2) is 0 Å². The number of likely N-dealkylation sites (tertiary alicyclic amines) is 1. The zero-order valence-corrected chi connectivity index (χ0v) is 8.06. The highest BCUT2D eigenvalue weighted by Gasteiger charge is 2.38. The van der Waals surface area contributed by atoms with Crippen LogP contribution in [0.5, 0.6) is 0 Å². The second-order valence-electron chi connectivity index (χ2n) is 3.53. The van der Waals surface area contributed by atoms with Crippen LogP contribution in [0.1, 0.15) is 12.8 Å². The molecule has 0 aromatic heterocycles. The van der Waals surface area contributed by atoms with E-state index in [1.807, 2.05) is 11.9 Å². The highest BCUT2D eigenvalue weighted by atomic mass is 35.5. The summed E-state index contributed by atoms with van der Waals surface area (Å²) in [6.45, 7) is 2.10. The molecule has 2 rings (SSSR count). The third-order valence-electron chi connectivity index (χ3n) is 2.90. The minimum absolute atomic E-state index is 0. The van der Waals surface area contributed by atoms with Crippen molar-refractivity contribution in [2.75, 3.05) is 20.1 Å². The first-order chi connectivity index (χ1) is 5.29. The smallest absolute Gasteiger partial charge is 0.222 e. The molecule has 70 valence electrons. The van der Waals surface area contributed by atoms with Crippen molar-refractivity contribution in [3.63, 3.8) is 0 Å². The quantitative estimate of drug-likeness (QED) is 0.594. The summed E-state index contributed by atoms with van der Waals surface area (Å²) in [4.78, 5) is 13.2. The van der Waals surface area contributed by atoms with E-state index in [9.17, 15) is 4.79 Å². The van der Waals surface area contributed by atoms with Gasteiger partial charge in [0.1, 0.15) is 0 Å². The van der Waals surface area contributed by atoms with Crippen LogP contribution in [0, 0.1) is 5.92 Å². The van der Waals surface area contributed by atoms with Crippen LogP contribution >= 0.6 is 12.4 Å². The number of carbonyl (C=O) groups excluding carboxylic acids is 1. The molecule has 12 heavy (non-hydrogen) atoms. The van der Waals surface area contributed by atoms with Crippen molar-refractivity contribution in [3.05, 3.63) is 0 Å². The second-order valence-corrected chi connectivity index (χ2v) is 3.53. The first-order valence-corrected chi connectivity index (χ1v) is 4.25. The standard InChI is InChI=1S/C8H14N2O.ClH/c1-10-7-2-3-9-5-6(7)4-8(10)11;/h6-7,9H,2-5H2,1H3;1H/t6-,7+;/m1./s1. The van der Waals surface area contributed by atoms with Gasteiger partial charge in [0.25, 0.3) is 0 Å². The van der Waals surface area contributed by atoms with Gasteiger partial charge in [-0.1, -0.05) is 0 Å². The van der Waals surface area contributed by atoms with Crippen LogP contribution in [0.25, 0.3) is 0 Å². The largest absolute Gasteiger partial charge is 0.342 e. The van der Waals surface area contributed by atoms with E-state index < -0.39 is 0 Å². The molecule has 0 aliphatic carbocycles. The van der Waals surface area contributed by atoms with Gasteiger partial charge in [-0.05, 0) is 13.0 Å². The number of nitrogens with zero attached hydrogens (tertiary/aromatic N) is 1. The number of fused-ring (bicyclic) bond motifs is 1. The molecule has 3 nitrogen and oxygen atoms in total. The van der Waals surface area contributed by atoms with Crippen LogP contribution in [-0.2, 0) is 4.79 Å². The van der Waals surface area contributed by atoms with Gasteiger partial charge in [-0.3, -0.25) is 4.79 Å². The lowest BCUT2D eigenvalue weighted by Crippen LogP contribution is -2.42. The molecule has 1 amide bonds. The van der Waals surface area contributed by atoms with E-state index in [2.05, 4.69) is 5.32 Å². The molecule has 0 aromatic carbocycles. The highest BCUT2D eigenvalue weighted by molar-refractivity contribution is 5.85. The molecule has 2 saturated heterocycles. The number of carbonyl (C=O) groups is 1. The van der Waals surface area contributed by atoms with E-state index in [0.717, 1.165) is 25.9 Å². The predicted molar refractivity (Wildman–Crippen MR) is 49.4 cm³/mol. The third-order valence-corrected chi connectivity index (χ3v) is 2.90. The molecule has 0 bridgehead atoms. The van der Waals surface area contributed by atoms with Gasteiger partial charge >= 0.3 is 0 Å². The summed E-state index contributed by atoms with van der Waals surface area (Å²) in [5.74, 6) is 0.907. The Labute approximate surface area is 78.9 Å². The van der Waals surface area contributed by atoms with E-state index >= 15 is 0 Å². The molecule has 2 fully saturated rings. The Morgan fingerprint density at radius 3 is 3.00 bits per heavy atom. The number of hydrogen-bond acceptors (Lipinski definition) is 2. The summed E-state index contributed by atoms with van der Waals surface area (Å²) in [5.41, 5.74) is 0. The number of nitrogens with one attached hydrogen (secondary N) is 1. The van der Waals surface area contributed by atoms with Crippen LogP contribution in [0.3, 0.4) is 0 Å². The van der Waals surface area contributed by atoms with Crippen molar-refractivity contribution in [1.82, 2.24) is 10.2 Å². The normalized spacial score (nSPS) is 34.4. The fourth-order valence-electron chi connectivity index (χ4n) is 2.18. The predicted octanol–water partition coefficient (Wildman–Crippen LogP) is 0.248. The summed E-state index contributed by atoms with van der Waals surface area (Å²) in [6, 6.07) is 0.531. The van der Waals surface area contributed by atoms with Crippen molar-refractivity contribution in [3.8, 4) is 0 Å². The molecule has 2 aliphatic rings. The summed E-state index contributed by atoms with van der Waals surface area (Å²) in [5, 5.41) is 3.32. The Morgan fingerprint density at radius 2 is 2.33 bits per heavy atom. The Hall–Kier alpha value is -0.280. The van der Waals surface area contributed by atoms with Gasteiger partial charge in [0.15, 0.2) is 0 Å². The number of amides is 1. The zero-order valence-electron chi connectivity index (χ0n) is 7.25. The van der Waals surface area contributed by atoms with E-state index in [0.29, 0.717) is 17.9 Å². The number of piperidine rings is 1. The van der Waals surface area contributed by atoms with Crippen LogP contribution < -0.4 is 5.32 Å². The number of halogens is 1. The fraction of sp³-hybridized carbons (Fsp3) is 0.875. The van der Waals surface area contributed by atoms with Gasteiger partial charge in [-0.25, -0.2) is 0 Å². The van der Waals surface area contributed by atoms with Crippen molar-refractivity contribution in [2.24, 2.45) is 5.92 Å². The minimum Gasteiger partial charge on any atom is -0.342 e. The Bertz CT molecular complexity index is 186. The Kier molecular flexibility index (Phi) is 2.96. The number of rotatable bonds is 0. The van der Waals surface area contributed by atoms with Crippen molar-refractivity contribution < 1.29 is 4.79 Å². The maximum absolute atomic E-state index is 11.2. The lowest BCUT2D eigenvalue weighted by molar-refractivity contribution is -0.127. The summed E-state index contributed by atoms with van der Waals surface area (Å²) in [6.07, 6.45) is 1.89.